The summed E-state index contributed by atoms with van der Waals surface area (Å²) in [5.41, 5.74) is 0.882. The molecule has 0 bridgehead atoms. The molecule has 1 heterocycles. The Hall–Kier alpha value is -1.04. The van der Waals surface area contributed by atoms with E-state index >= 15 is 0 Å². The van der Waals surface area contributed by atoms with E-state index in [2.05, 4.69) is 33.3 Å². The van der Waals surface area contributed by atoms with E-state index in [1.54, 1.807) is 12.1 Å². The third-order valence-electron chi connectivity index (χ3n) is 2.60. The normalized spacial score (nSPS) is 10.8. The summed E-state index contributed by atoms with van der Waals surface area (Å²) in [5, 5.41) is 7.92. The Morgan fingerprint density at radius 3 is 3.00 bits per heavy atom. The monoisotopic (exact) mass is 358 g/mol. The van der Waals surface area contributed by atoms with Gasteiger partial charge in [0, 0.05) is 17.6 Å². The zero-order valence-electron chi connectivity index (χ0n) is 11.2. The molecule has 0 spiro atoms. The predicted molar refractivity (Wildman–Crippen MR) is 82.0 cm³/mol. The molecule has 1 N–H and O–H groups in total. The van der Waals surface area contributed by atoms with Crippen LogP contribution in [0.4, 0.5) is 0 Å². The largest absolute Gasteiger partial charge is 0.484 e. The zero-order chi connectivity index (χ0) is 14.4. The van der Waals surface area contributed by atoms with Gasteiger partial charge in [0.25, 0.3) is 0 Å². The van der Waals surface area contributed by atoms with Gasteiger partial charge >= 0.3 is 0 Å². The highest BCUT2D eigenvalue weighted by Crippen LogP contribution is 2.28. The molecule has 0 saturated heterocycles. The number of nitrogens with one attached hydrogen (secondary N) is 1. The van der Waals surface area contributed by atoms with Gasteiger partial charge in [-0.2, -0.15) is 0 Å². The lowest BCUT2D eigenvalue weighted by Gasteiger charge is -2.05. The second kappa shape index (κ2) is 7.67. The van der Waals surface area contributed by atoms with Crippen molar-refractivity contribution in [3.8, 4) is 5.75 Å². The lowest BCUT2D eigenvalue weighted by atomic mass is 10.3. The fourth-order valence-corrected chi connectivity index (χ4v) is 2.44. The molecule has 0 saturated carbocycles. The Bertz CT molecular complexity index is 560. The summed E-state index contributed by atoms with van der Waals surface area (Å²) in [6.07, 6.45) is 1.10. The Balaban J connectivity index is 1.87. The minimum atomic E-state index is 0.334. The van der Waals surface area contributed by atoms with Crippen molar-refractivity contribution in [1.82, 2.24) is 10.5 Å². The molecule has 108 valence electrons. The quantitative estimate of drug-likeness (QED) is 0.754. The maximum atomic E-state index is 5.88. The van der Waals surface area contributed by atoms with Crippen LogP contribution in [-0.4, -0.2) is 11.7 Å². The SMILES string of the molecule is CCCNCc1cc(COc2ccc(Cl)cc2Br)on1. The zero-order valence-corrected chi connectivity index (χ0v) is 13.5. The number of halogens is 2. The number of hydrogen-bond acceptors (Lipinski definition) is 4. The molecule has 20 heavy (non-hydrogen) atoms. The third-order valence-corrected chi connectivity index (χ3v) is 3.46. The van der Waals surface area contributed by atoms with Gasteiger partial charge in [-0.1, -0.05) is 23.7 Å². The second-order valence-electron chi connectivity index (χ2n) is 4.32. The molecule has 0 fully saturated rings. The average molecular weight is 360 g/mol. The van der Waals surface area contributed by atoms with Crippen molar-refractivity contribution in [2.45, 2.75) is 26.5 Å². The van der Waals surface area contributed by atoms with Crippen molar-refractivity contribution >= 4 is 27.5 Å². The molecule has 0 aliphatic carbocycles. The molecule has 0 aliphatic rings. The van der Waals surface area contributed by atoms with Gasteiger partial charge in [-0.05, 0) is 47.1 Å². The number of ether oxygens (including phenoxy) is 1. The maximum absolute atomic E-state index is 5.88. The van der Waals surface area contributed by atoms with Crippen LogP contribution in [0.15, 0.2) is 33.3 Å². The van der Waals surface area contributed by atoms with Crippen LogP contribution in [-0.2, 0) is 13.2 Å². The predicted octanol–water partition coefficient (Wildman–Crippen LogP) is 4.17. The minimum Gasteiger partial charge on any atom is -0.484 e. The smallest absolute Gasteiger partial charge is 0.174 e. The van der Waals surface area contributed by atoms with Crippen LogP contribution in [0.2, 0.25) is 5.02 Å². The highest BCUT2D eigenvalue weighted by atomic mass is 79.9. The fraction of sp³-hybridized carbons (Fsp3) is 0.357. The van der Waals surface area contributed by atoms with Gasteiger partial charge < -0.3 is 14.6 Å². The molecule has 6 heteroatoms. The molecule has 0 atom stereocenters. The van der Waals surface area contributed by atoms with Crippen molar-refractivity contribution in [3.05, 3.63) is 45.2 Å². The molecule has 1 aromatic carbocycles. The van der Waals surface area contributed by atoms with Gasteiger partial charge in [-0.15, -0.1) is 0 Å². The van der Waals surface area contributed by atoms with E-state index < -0.39 is 0 Å². The molecule has 1 aromatic heterocycles. The number of benzene rings is 1. The number of aromatic nitrogens is 1. The summed E-state index contributed by atoms with van der Waals surface area (Å²) >= 11 is 9.28. The summed E-state index contributed by atoms with van der Waals surface area (Å²) < 4.78 is 11.7. The van der Waals surface area contributed by atoms with Crippen molar-refractivity contribution < 1.29 is 9.26 Å². The first-order valence-electron chi connectivity index (χ1n) is 6.42. The van der Waals surface area contributed by atoms with E-state index in [9.17, 15) is 0 Å². The minimum absolute atomic E-state index is 0.334. The number of rotatable bonds is 7. The molecular weight excluding hydrogens is 344 g/mol. The fourth-order valence-electron chi connectivity index (χ4n) is 1.64. The first kappa shape index (κ1) is 15.4. The average Bonchev–Trinajstić information content (AvgIpc) is 2.86. The highest BCUT2D eigenvalue weighted by Gasteiger charge is 2.07. The van der Waals surface area contributed by atoms with E-state index in [4.69, 9.17) is 20.9 Å². The van der Waals surface area contributed by atoms with Gasteiger partial charge in [0.15, 0.2) is 5.76 Å². The Kier molecular flexibility index (Phi) is 5.88. The Morgan fingerprint density at radius 1 is 1.40 bits per heavy atom. The topological polar surface area (TPSA) is 47.3 Å². The number of hydrogen-bond donors (Lipinski definition) is 1. The van der Waals surface area contributed by atoms with Crippen LogP contribution in [0.25, 0.3) is 0 Å². The van der Waals surface area contributed by atoms with Gasteiger partial charge in [0.05, 0.1) is 10.2 Å². The molecular formula is C14H16BrClN2O2. The van der Waals surface area contributed by atoms with E-state index in [-0.39, 0.29) is 0 Å². The third kappa shape index (κ3) is 4.51. The lowest BCUT2D eigenvalue weighted by Crippen LogP contribution is -2.13. The Morgan fingerprint density at radius 2 is 2.25 bits per heavy atom. The summed E-state index contributed by atoms with van der Waals surface area (Å²) in [7, 11) is 0. The standard InChI is InChI=1S/C14H16BrClN2O2/c1-2-5-17-8-11-7-12(20-18-11)9-19-14-4-3-10(16)6-13(14)15/h3-4,6-7,17H,2,5,8-9H2,1H3. The summed E-state index contributed by atoms with van der Waals surface area (Å²) in [4.78, 5) is 0. The van der Waals surface area contributed by atoms with Gasteiger partial charge in [0.1, 0.15) is 12.4 Å². The summed E-state index contributed by atoms with van der Waals surface area (Å²) in [6, 6.07) is 7.28. The van der Waals surface area contributed by atoms with Crippen molar-refractivity contribution in [1.29, 1.82) is 0 Å². The first-order chi connectivity index (χ1) is 9.69. The molecule has 0 unspecified atom stereocenters. The van der Waals surface area contributed by atoms with Gasteiger partial charge in [-0.25, -0.2) is 0 Å². The van der Waals surface area contributed by atoms with Crippen LogP contribution < -0.4 is 10.1 Å². The van der Waals surface area contributed by atoms with E-state index in [0.717, 1.165) is 28.9 Å². The molecule has 0 amide bonds. The van der Waals surface area contributed by atoms with Gasteiger partial charge in [0.2, 0.25) is 0 Å². The van der Waals surface area contributed by atoms with E-state index in [1.807, 2.05) is 12.1 Å². The summed E-state index contributed by atoms with van der Waals surface area (Å²) in [5.74, 6) is 1.41. The maximum Gasteiger partial charge on any atom is 0.174 e. The van der Waals surface area contributed by atoms with Crippen LogP contribution in [0, 0.1) is 0 Å². The molecule has 2 rings (SSSR count). The Labute approximate surface area is 131 Å². The molecule has 0 aliphatic heterocycles. The van der Waals surface area contributed by atoms with E-state index in [0.29, 0.717) is 23.9 Å². The van der Waals surface area contributed by atoms with Crippen molar-refractivity contribution in [3.63, 3.8) is 0 Å². The van der Waals surface area contributed by atoms with E-state index in [1.165, 1.54) is 0 Å². The molecule has 2 aromatic rings. The van der Waals surface area contributed by atoms with Crippen molar-refractivity contribution in [2.75, 3.05) is 6.54 Å². The highest BCUT2D eigenvalue weighted by molar-refractivity contribution is 9.10. The second-order valence-corrected chi connectivity index (χ2v) is 5.62. The number of nitrogens with zero attached hydrogens (tertiary/aromatic N) is 1. The van der Waals surface area contributed by atoms with Crippen molar-refractivity contribution in [2.24, 2.45) is 0 Å². The summed E-state index contributed by atoms with van der Waals surface area (Å²) in [6.45, 7) is 4.14. The van der Waals surface area contributed by atoms with Crippen LogP contribution in [0.1, 0.15) is 24.8 Å². The lowest BCUT2D eigenvalue weighted by molar-refractivity contribution is 0.247. The van der Waals surface area contributed by atoms with Crippen LogP contribution in [0.3, 0.4) is 0 Å². The molecule has 4 nitrogen and oxygen atoms in total. The molecule has 0 radical (unpaired) electrons. The van der Waals surface area contributed by atoms with Crippen LogP contribution >= 0.6 is 27.5 Å². The van der Waals surface area contributed by atoms with Gasteiger partial charge in [-0.3, -0.25) is 0 Å². The first-order valence-corrected chi connectivity index (χ1v) is 7.59. The van der Waals surface area contributed by atoms with Crippen LogP contribution in [0.5, 0.6) is 5.75 Å².